The number of rotatable bonds is 7. The van der Waals surface area contributed by atoms with E-state index in [4.69, 9.17) is 19.9 Å². The van der Waals surface area contributed by atoms with Crippen LogP contribution in [0.5, 0.6) is 0 Å². The van der Waals surface area contributed by atoms with Crippen molar-refractivity contribution in [2.45, 2.75) is 26.1 Å². The molecule has 4 nitrogen and oxygen atoms in total. The molecular formula is C13H20FNO3. The number of aryl methyl sites for hydroxylation is 1. The predicted molar refractivity (Wildman–Crippen MR) is 66.4 cm³/mol. The fourth-order valence-electron chi connectivity index (χ4n) is 1.84. The molecule has 0 aromatic heterocycles. The summed E-state index contributed by atoms with van der Waals surface area (Å²) in [6.07, 6.45) is -0.907. The minimum atomic E-state index is -0.547. The highest BCUT2D eigenvalue weighted by Crippen LogP contribution is 2.28. The first-order valence-corrected chi connectivity index (χ1v) is 5.79. The van der Waals surface area contributed by atoms with Gasteiger partial charge in [0.1, 0.15) is 18.7 Å². The van der Waals surface area contributed by atoms with Gasteiger partial charge in [-0.3, -0.25) is 0 Å². The lowest BCUT2D eigenvalue weighted by molar-refractivity contribution is -0.126. The topological polar surface area (TPSA) is 53.7 Å². The normalized spacial score (nSPS) is 14.5. The Balaban J connectivity index is 3.00. The third-order valence-corrected chi connectivity index (χ3v) is 2.71. The van der Waals surface area contributed by atoms with Crippen LogP contribution in [0.4, 0.5) is 4.39 Å². The van der Waals surface area contributed by atoms with E-state index in [1.54, 1.807) is 13.0 Å². The molecule has 5 heteroatoms. The van der Waals surface area contributed by atoms with E-state index in [1.807, 2.05) is 13.0 Å². The number of hydrogen-bond acceptors (Lipinski definition) is 4. The lowest BCUT2D eigenvalue weighted by Gasteiger charge is -2.25. The van der Waals surface area contributed by atoms with Crippen LogP contribution in [0.15, 0.2) is 18.2 Å². The second-order valence-corrected chi connectivity index (χ2v) is 4.00. The summed E-state index contributed by atoms with van der Waals surface area (Å²) in [6.45, 7) is 3.74. The first kappa shape index (κ1) is 15.0. The van der Waals surface area contributed by atoms with Gasteiger partial charge < -0.3 is 19.9 Å². The molecule has 0 aliphatic carbocycles. The minimum absolute atomic E-state index is 0.0571. The Morgan fingerprint density at radius 2 is 2.06 bits per heavy atom. The quantitative estimate of drug-likeness (QED) is 0.760. The first-order chi connectivity index (χ1) is 8.61. The Hall–Kier alpha value is -1.01. The number of methoxy groups -OCH3 is 1. The molecule has 18 heavy (non-hydrogen) atoms. The van der Waals surface area contributed by atoms with Crippen LogP contribution in [0.2, 0.25) is 0 Å². The molecule has 0 radical (unpaired) electrons. The van der Waals surface area contributed by atoms with Crippen molar-refractivity contribution in [3.05, 3.63) is 35.1 Å². The highest BCUT2D eigenvalue weighted by molar-refractivity contribution is 5.30. The van der Waals surface area contributed by atoms with Crippen molar-refractivity contribution in [2.24, 2.45) is 5.73 Å². The predicted octanol–water partition coefficient (Wildman–Crippen LogP) is 2.12. The molecule has 0 spiro atoms. The number of ether oxygens (including phenoxy) is 3. The van der Waals surface area contributed by atoms with Crippen LogP contribution in [0, 0.1) is 12.7 Å². The highest BCUT2D eigenvalue weighted by atomic mass is 19.1. The Morgan fingerprint density at radius 3 is 2.61 bits per heavy atom. The van der Waals surface area contributed by atoms with Gasteiger partial charge in [0.15, 0.2) is 0 Å². The van der Waals surface area contributed by atoms with E-state index in [9.17, 15) is 4.39 Å². The molecule has 0 saturated carbocycles. The number of nitrogens with two attached hydrogens (primary N) is 1. The van der Waals surface area contributed by atoms with Gasteiger partial charge in [-0.1, -0.05) is 12.1 Å². The summed E-state index contributed by atoms with van der Waals surface area (Å²) in [5.74, 6) is -0.316. The highest BCUT2D eigenvalue weighted by Gasteiger charge is 2.25. The van der Waals surface area contributed by atoms with Gasteiger partial charge in [0.25, 0.3) is 0 Å². The van der Waals surface area contributed by atoms with Gasteiger partial charge >= 0.3 is 0 Å². The van der Waals surface area contributed by atoms with Gasteiger partial charge in [0.05, 0.1) is 12.8 Å². The summed E-state index contributed by atoms with van der Waals surface area (Å²) in [4.78, 5) is 0. The van der Waals surface area contributed by atoms with Crippen LogP contribution in [-0.4, -0.2) is 26.7 Å². The Kier molecular flexibility index (Phi) is 6.21. The van der Waals surface area contributed by atoms with Crippen LogP contribution in [0.25, 0.3) is 0 Å². The van der Waals surface area contributed by atoms with E-state index in [2.05, 4.69) is 0 Å². The van der Waals surface area contributed by atoms with Crippen molar-refractivity contribution >= 4 is 0 Å². The fraction of sp³-hybridized carbons (Fsp3) is 0.538. The molecule has 2 atom stereocenters. The Labute approximate surface area is 107 Å². The van der Waals surface area contributed by atoms with E-state index >= 15 is 0 Å². The Morgan fingerprint density at radius 1 is 1.33 bits per heavy atom. The molecular weight excluding hydrogens is 237 g/mol. The molecule has 0 saturated heterocycles. The molecule has 2 unspecified atom stereocenters. The molecule has 1 aromatic rings. The van der Waals surface area contributed by atoms with Gasteiger partial charge in [0, 0.05) is 12.7 Å². The molecule has 2 N–H and O–H groups in total. The van der Waals surface area contributed by atoms with Crippen molar-refractivity contribution in [3.63, 3.8) is 0 Å². The van der Waals surface area contributed by atoms with E-state index in [0.717, 1.165) is 5.56 Å². The smallest absolute Gasteiger partial charge is 0.147 e. The minimum Gasteiger partial charge on any atom is -0.361 e. The zero-order valence-corrected chi connectivity index (χ0v) is 11.0. The summed E-state index contributed by atoms with van der Waals surface area (Å²) in [6, 6.07) is 4.90. The van der Waals surface area contributed by atoms with Gasteiger partial charge in [0.2, 0.25) is 0 Å². The maximum Gasteiger partial charge on any atom is 0.147 e. The maximum atomic E-state index is 13.9. The lowest BCUT2D eigenvalue weighted by atomic mass is 9.99. The largest absolute Gasteiger partial charge is 0.361 e. The fourth-order valence-corrected chi connectivity index (χ4v) is 1.84. The molecule has 102 valence electrons. The second kappa shape index (κ2) is 7.43. The molecule has 0 aliphatic heterocycles. The van der Waals surface area contributed by atoms with Crippen molar-refractivity contribution in [1.82, 2.24) is 0 Å². The van der Waals surface area contributed by atoms with Crippen LogP contribution in [0.1, 0.15) is 24.2 Å². The second-order valence-electron chi connectivity index (χ2n) is 4.00. The van der Waals surface area contributed by atoms with Crippen molar-refractivity contribution in [3.8, 4) is 0 Å². The number of benzene rings is 1. The van der Waals surface area contributed by atoms with Crippen LogP contribution < -0.4 is 5.73 Å². The van der Waals surface area contributed by atoms with Crippen LogP contribution in [0.3, 0.4) is 0 Å². The average molecular weight is 257 g/mol. The molecule has 0 heterocycles. The van der Waals surface area contributed by atoms with Crippen molar-refractivity contribution < 1.29 is 18.6 Å². The lowest BCUT2D eigenvalue weighted by Crippen LogP contribution is -2.26. The summed E-state index contributed by atoms with van der Waals surface area (Å²) in [5.41, 5.74) is 6.64. The monoisotopic (exact) mass is 257 g/mol. The molecule has 1 rings (SSSR count). The van der Waals surface area contributed by atoms with E-state index in [0.29, 0.717) is 5.56 Å². The maximum absolute atomic E-state index is 13.9. The molecule has 0 bridgehead atoms. The van der Waals surface area contributed by atoms with Gasteiger partial charge in [-0.15, -0.1) is 0 Å². The number of halogens is 1. The standard InChI is InChI=1S/C13H20FNO3/c1-9-5-4-6-11(14)12(9)13(18-8-16-3)10(2)17-7-15/h4-6,10,13H,7-8,15H2,1-3H3. The van der Waals surface area contributed by atoms with Crippen molar-refractivity contribution in [1.29, 1.82) is 0 Å². The van der Waals surface area contributed by atoms with E-state index < -0.39 is 6.10 Å². The SMILES string of the molecule is COCOC(c1c(C)cccc1F)C(C)OCN. The summed E-state index contributed by atoms with van der Waals surface area (Å²) >= 11 is 0. The summed E-state index contributed by atoms with van der Waals surface area (Å²) < 4.78 is 29.6. The number of hydrogen-bond donors (Lipinski definition) is 1. The third kappa shape index (κ3) is 3.74. The molecule has 0 fully saturated rings. The van der Waals surface area contributed by atoms with Crippen molar-refractivity contribution in [2.75, 3.05) is 20.6 Å². The zero-order valence-electron chi connectivity index (χ0n) is 11.0. The molecule has 1 aromatic carbocycles. The van der Waals surface area contributed by atoms with E-state index in [1.165, 1.54) is 13.2 Å². The summed E-state index contributed by atoms with van der Waals surface area (Å²) in [5, 5.41) is 0. The Bertz CT molecular complexity index is 353. The molecule has 0 amide bonds. The van der Waals surface area contributed by atoms with E-state index in [-0.39, 0.29) is 25.4 Å². The third-order valence-electron chi connectivity index (χ3n) is 2.71. The first-order valence-electron chi connectivity index (χ1n) is 5.79. The molecule has 0 aliphatic rings. The average Bonchev–Trinajstić information content (AvgIpc) is 2.33. The zero-order chi connectivity index (χ0) is 13.5. The van der Waals surface area contributed by atoms with Gasteiger partial charge in [-0.05, 0) is 25.5 Å². The van der Waals surface area contributed by atoms with Crippen LogP contribution >= 0.6 is 0 Å². The van der Waals surface area contributed by atoms with Gasteiger partial charge in [-0.25, -0.2) is 4.39 Å². The van der Waals surface area contributed by atoms with Gasteiger partial charge in [-0.2, -0.15) is 0 Å². The summed E-state index contributed by atoms with van der Waals surface area (Å²) in [7, 11) is 1.51. The van der Waals surface area contributed by atoms with Crippen LogP contribution in [-0.2, 0) is 14.2 Å².